The fourth-order valence-electron chi connectivity index (χ4n) is 4.46. The maximum Gasteiger partial charge on any atom is 0.282 e. The molecule has 26 heavy (non-hydrogen) atoms. The van der Waals surface area contributed by atoms with E-state index in [-0.39, 0.29) is 16.5 Å². The largest absolute Gasteiger partial charge is 0.330 e. The van der Waals surface area contributed by atoms with Crippen LogP contribution in [0.4, 0.5) is 4.79 Å². The lowest BCUT2D eigenvalue weighted by Gasteiger charge is -2.39. The predicted octanol–water partition coefficient (Wildman–Crippen LogP) is 4.29. The van der Waals surface area contributed by atoms with E-state index < -0.39 is 0 Å². The molecule has 4 nitrogen and oxygen atoms in total. The number of carbonyl (C=O) groups is 1. The van der Waals surface area contributed by atoms with Gasteiger partial charge in [0.15, 0.2) is 0 Å². The zero-order valence-electron chi connectivity index (χ0n) is 15.1. The van der Waals surface area contributed by atoms with Crippen LogP contribution in [0.3, 0.4) is 0 Å². The Hall–Kier alpha value is -1.85. The molecule has 0 spiro atoms. The number of nitrogens with zero attached hydrogens (tertiary/aromatic N) is 2. The molecule has 136 valence electrons. The zero-order chi connectivity index (χ0) is 18.3. The summed E-state index contributed by atoms with van der Waals surface area (Å²) in [7, 11) is 0. The van der Waals surface area contributed by atoms with Crippen molar-refractivity contribution in [3.05, 3.63) is 54.2 Å². The molecule has 2 saturated heterocycles. The number of aromatic nitrogens is 1. The molecular weight excluding hydrogens is 342 g/mol. The van der Waals surface area contributed by atoms with E-state index >= 15 is 0 Å². The lowest BCUT2D eigenvalue weighted by molar-refractivity contribution is 0.136. The van der Waals surface area contributed by atoms with Crippen molar-refractivity contribution in [2.75, 3.05) is 13.1 Å². The molecule has 0 bridgehead atoms. The fraction of sp³-hybridized carbons (Fsp3) is 0.429. The molecule has 2 fully saturated rings. The maximum atomic E-state index is 12.6. The van der Waals surface area contributed by atoms with Gasteiger partial charge in [-0.15, -0.1) is 6.58 Å². The minimum atomic E-state index is 0.154. The quantitative estimate of drug-likeness (QED) is 0.819. The third kappa shape index (κ3) is 2.93. The van der Waals surface area contributed by atoms with E-state index in [9.17, 15) is 4.79 Å². The molecule has 1 amide bonds. The van der Waals surface area contributed by atoms with E-state index in [0.29, 0.717) is 18.4 Å². The molecule has 0 aliphatic carbocycles. The normalized spacial score (nSPS) is 26.8. The molecule has 2 aromatic rings. The second-order valence-corrected chi connectivity index (χ2v) is 8.50. The maximum absolute atomic E-state index is 12.6. The van der Waals surface area contributed by atoms with Gasteiger partial charge in [0, 0.05) is 24.2 Å². The third-order valence-corrected chi connectivity index (χ3v) is 7.17. The Labute approximate surface area is 158 Å². The lowest BCUT2D eigenvalue weighted by Crippen LogP contribution is -2.44. The first-order valence-corrected chi connectivity index (χ1v) is 10.2. The van der Waals surface area contributed by atoms with E-state index in [0.717, 1.165) is 24.9 Å². The number of fused-ring (bicyclic) bond motifs is 2. The lowest BCUT2D eigenvalue weighted by atomic mass is 9.79. The number of carbonyl (C=O) groups excluding carboxylic acids is 1. The van der Waals surface area contributed by atoms with Crippen LogP contribution in [0.25, 0.3) is 10.9 Å². The van der Waals surface area contributed by atoms with Gasteiger partial charge in [0.2, 0.25) is 0 Å². The summed E-state index contributed by atoms with van der Waals surface area (Å²) in [6.45, 7) is 7.51. The van der Waals surface area contributed by atoms with Crippen LogP contribution in [0, 0.1) is 18.8 Å². The highest BCUT2D eigenvalue weighted by Gasteiger charge is 2.46. The smallest absolute Gasteiger partial charge is 0.282 e. The molecule has 3 heterocycles. The predicted molar refractivity (Wildman–Crippen MR) is 108 cm³/mol. The van der Waals surface area contributed by atoms with Crippen LogP contribution in [-0.4, -0.2) is 34.3 Å². The standard InChI is InChI=1S/C21H25N3OS/c1-3-14(12-22)15-7-9-24-19(11-15)20(26-21(24)25)16-6-8-23-18-5-4-13(2)10-17(16)18/h3-6,8,10,14-15,19-20H,1,7,9,11-12,22H2,2H3/t14-,15-,19-,20-/m0/s1. The van der Waals surface area contributed by atoms with Gasteiger partial charge >= 0.3 is 0 Å². The van der Waals surface area contributed by atoms with E-state index in [1.54, 1.807) is 0 Å². The van der Waals surface area contributed by atoms with Crippen LogP contribution in [0.5, 0.6) is 0 Å². The first kappa shape index (κ1) is 17.6. The highest BCUT2D eigenvalue weighted by molar-refractivity contribution is 8.14. The van der Waals surface area contributed by atoms with Crippen molar-refractivity contribution in [3.8, 4) is 0 Å². The Morgan fingerprint density at radius 3 is 3.08 bits per heavy atom. The number of aryl methyl sites for hydroxylation is 1. The molecule has 4 rings (SSSR count). The van der Waals surface area contributed by atoms with Crippen molar-refractivity contribution in [2.45, 2.75) is 31.1 Å². The molecule has 2 N–H and O–H groups in total. The van der Waals surface area contributed by atoms with Gasteiger partial charge in [-0.2, -0.15) is 0 Å². The van der Waals surface area contributed by atoms with Gasteiger partial charge in [-0.1, -0.05) is 29.5 Å². The number of hydrogen-bond donors (Lipinski definition) is 1. The molecule has 0 unspecified atom stereocenters. The van der Waals surface area contributed by atoms with Crippen LogP contribution >= 0.6 is 11.8 Å². The van der Waals surface area contributed by atoms with Gasteiger partial charge in [0.25, 0.3) is 5.24 Å². The summed E-state index contributed by atoms with van der Waals surface area (Å²) in [5.41, 5.74) is 9.39. The van der Waals surface area contributed by atoms with Crippen molar-refractivity contribution in [1.82, 2.24) is 9.88 Å². The van der Waals surface area contributed by atoms with Crippen molar-refractivity contribution in [2.24, 2.45) is 17.6 Å². The second-order valence-electron chi connectivity index (χ2n) is 7.41. The van der Waals surface area contributed by atoms with Gasteiger partial charge in [-0.05, 0) is 61.9 Å². The molecule has 5 heteroatoms. The number of thioether (sulfide) groups is 1. The molecule has 0 saturated carbocycles. The molecule has 1 aromatic carbocycles. The van der Waals surface area contributed by atoms with Crippen molar-refractivity contribution in [3.63, 3.8) is 0 Å². The van der Waals surface area contributed by atoms with E-state index in [2.05, 4.69) is 47.7 Å². The number of benzene rings is 1. The number of hydrogen-bond acceptors (Lipinski definition) is 4. The summed E-state index contributed by atoms with van der Waals surface area (Å²) in [5, 5.41) is 1.53. The fourth-order valence-corrected chi connectivity index (χ4v) is 5.79. The van der Waals surface area contributed by atoms with Gasteiger partial charge < -0.3 is 10.6 Å². The number of rotatable bonds is 4. The Morgan fingerprint density at radius 1 is 1.46 bits per heavy atom. The van der Waals surface area contributed by atoms with Crippen LogP contribution in [0.15, 0.2) is 43.1 Å². The Morgan fingerprint density at radius 2 is 2.31 bits per heavy atom. The van der Waals surface area contributed by atoms with Crippen LogP contribution in [0.1, 0.15) is 29.2 Å². The second kappa shape index (κ2) is 7.05. The summed E-state index contributed by atoms with van der Waals surface area (Å²) in [6, 6.07) is 8.67. The van der Waals surface area contributed by atoms with Gasteiger partial charge in [-0.25, -0.2) is 0 Å². The third-order valence-electron chi connectivity index (χ3n) is 5.91. The number of pyridine rings is 1. The number of amides is 1. The minimum Gasteiger partial charge on any atom is -0.330 e. The first-order valence-electron chi connectivity index (χ1n) is 9.27. The average Bonchev–Trinajstić information content (AvgIpc) is 2.98. The van der Waals surface area contributed by atoms with Crippen molar-refractivity contribution in [1.29, 1.82) is 0 Å². The van der Waals surface area contributed by atoms with E-state index in [1.807, 2.05) is 12.3 Å². The van der Waals surface area contributed by atoms with Gasteiger partial charge in [0.05, 0.1) is 10.8 Å². The highest BCUT2D eigenvalue weighted by Crippen LogP contribution is 2.50. The van der Waals surface area contributed by atoms with Gasteiger partial charge in [-0.3, -0.25) is 9.78 Å². The van der Waals surface area contributed by atoms with Crippen LogP contribution in [-0.2, 0) is 0 Å². The van der Waals surface area contributed by atoms with E-state index in [1.165, 1.54) is 28.3 Å². The molecule has 1 aromatic heterocycles. The average molecular weight is 368 g/mol. The molecule has 2 aliphatic heterocycles. The summed E-state index contributed by atoms with van der Waals surface area (Å²) in [6.07, 6.45) is 5.87. The van der Waals surface area contributed by atoms with Crippen LogP contribution < -0.4 is 5.73 Å². The summed E-state index contributed by atoms with van der Waals surface area (Å²) >= 11 is 1.48. The Bertz CT molecular complexity index is 852. The molecule has 2 aliphatic rings. The molecular formula is C21H25N3OS. The van der Waals surface area contributed by atoms with Gasteiger partial charge in [0.1, 0.15) is 0 Å². The van der Waals surface area contributed by atoms with E-state index in [4.69, 9.17) is 5.73 Å². The van der Waals surface area contributed by atoms with Crippen molar-refractivity contribution < 1.29 is 4.79 Å². The molecule has 4 atom stereocenters. The topological polar surface area (TPSA) is 59.2 Å². The zero-order valence-corrected chi connectivity index (χ0v) is 15.9. The Kier molecular flexibility index (Phi) is 4.76. The first-order chi connectivity index (χ1) is 12.6. The minimum absolute atomic E-state index is 0.154. The number of nitrogens with two attached hydrogens (primary N) is 1. The monoisotopic (exact) mass is 367 g/mol. The highest BCUT2D eigenvalue weighted by atomic mass is 32.2. The van der Waals surface area contributed by atoms with Crippen LogP contribution in [0.2, 0.25) is 0 Å². The summed E-state index contributed by atoms with van der Waals surface area (Å²) in [4.78, 5) is 19.2. The SMILES string of the molecule is C=C[C@@H](CN)[C@H]1CCN2C(=O)S[C@@H](c3ccnc4ccc(C)cc34)[C@@H]2C1. The summed E-state index contributed by atoms with van der Waals surface area (Å²) in [5.74, 6) is 0.831. The molecule has 0 radical (unpaired) electrons. The number of piperidine rings is 1. The Balaban J connectivity index is 1.72. The van der Waals surface area contributed by atoms with Crippen molar-refractivity contribution >= 4 is 27.9 Å². The summed E-state index contributed by atoms with van der Waals surface area (Å²) < 4.78 is 0.